The number of halogens is 1. The molecule has 7 nitrogen and oxygen atoms in total. The van der Waals surface area contributed by atoms with Gasteiger partial charge in [-0.25, -0.2) is 8.42 Å². The Morgan fingerprint density at radius 2 is 2.25 bits per heavy atom. The molecule has 0 aromatic carbocycles. The lowest BCUT2D eigenvalue weighted by molar-refractivity contribution is -0.121. The summed E-state index contributed by atoms with van der Waals surface area (Å²) < 4.78 is 32.7. The molecule has 1 aromatic rings. The van der Waals surface area contributed by atoms with Gasteiger partial charge in [0.1, 0.15) is 5.75 Å². The summed E-state index contributed by atoms with van der Waals surface area (Å²) in [4.78, 5) is 11.6. The van der Waals surface area contributed by atoms with E-state index in [1.807, 2.05) is 0 Å². The first-order valence-electron chi connectivity index (χ1n) is 7.60. The first-order valence-corrected chi connectivity index (χ1v) is 9.92. The van der Waals surface area contributed by atoms with Crippen molar-refractivity contribution in [1.82, 2.24) is 9.62 Å². The van der Waals surface area contributed by atoms with Gasteiger partial charge in [-0.3, -0.25) is 4.79 Å². The fourth-order valence-electron chi connectivity index (χ4n) is 2.68. The quantitative estimate of drug-likeness (QED) is 0.719. The molecule has 2 rings (SSSR count). The van der Waals surface area contributed by atoms with Crippen LogP contribution >= 0.6 is 23.7 Å². The topological polar surface area (TPSA) is 102 Å². The highest BCUT2D eigenvalue weighted by atomic mass is 35.5. The summed E-state index contributed by atoms with van der Waals surface area (Å²) in [5.41, 5.74) is 5.35. The summed E-state index contributed by atoms with van der Waals surface area (Å²) in [7, 11) is -2.16. The molecule has 2 heterocycles. The van der Waals surface area contributed by atoms with Crippen LogP contribution in [0.25, 0.3) is 0 Å². The molecule has 3 N–H and O–H groups in total. The molecule has 1 unspecified atom stereocenters. The van der Waals surface area contributed by atoms with E-state index in [2.05, 4.69) is 5.32 Å². The lowest BCUT2D eigenvalue weighted by atomic mass is 10.1. The van der Waals surface area contributed by atoms with E-state index >= 15 is 0 Å². The molecule has 0 saturated carbocycles. The third-order valence-corrected chi connectivity index (χ3v) is 7.21. The summed E-state index contributed by atoms with van der Waals surface area (Å²) in [5, 5.41) is 4.48. The Morgan fingerprint density at radius 3 is 2.92 bits per heavy atom. The van der Waals surface area contributed by atoms with Crippen molar-refractivity contribution in [2.75, 3.05) is 26.7 Å². The van der Waals surface area contributed by atoms with Gasteiger partial charge in [0, 0.05) is 32.1 Å². The van der Waals surface area contributed by atoms with Gasteiger partial charge in [0.2, 0.25) is 5.91 Å². The van der Waals surface area contributed by atoms with Crippen molar-refractivity contribution < 1.29 is 17.9 Å². The third kappa shape index (κ3) is 4.82. The minimum absolute atomic E-state index is 0. The number of hydrogen-bond acceptors (Lipinski definition) is 6. The molecule has 0 aliphatic carbocycles. The number of carbonyl (C=O) groups is 1. The smallest absolute Gasteiger partial charge is 0.256 e. The maximum Gasteiger partial charge on any atom is 0.256 e. The number of nitrogens with one attached hydrogen (secondary N) is 1. The largest absolute Gasteiger partial charge is 0.494 e. The van der Waals surface area contributed by atoms with Crippen LogP contribution in [0.5, 0.6) is 5.75 Å². The lowest BCUT2D eigenvalue weighted by Crippen LogP contribution is -2.49. The minimum atomic E-state index is -3.62. The SMILES string of the molecule is COc1ccsc1S(=O)(=O)N1CCCCC1CNC(=O)CCN.Cl. The molecule has 1 aliphatic heterocycles. The molecule has 0 radical (unpaired) electrons. The van der Waals surface area contributed by atoms with Crippen LogP contribution in [-0.2, 0) is 14.8 Å². The van der Waals surface area contributed by atoms with Crippen molar-refractivity contribution in [1.29, 1.82) is 0 Å². The van der Waals surface area contributed by atoms with Crippen molar-refractivity contribution in [2.45, 2.75) is 35.9 Å². The zero-order valence-corrected chi connectivity index (χ0v) is 16.0. The van der Waals surface area contributed by atoms with E-state index in [1.54, 1.807) is 11.4 Å². The number of carbonyl (C=O) groups excluding carboxylic acids is 1. The Balaban J connectivity index is 0.00000288. The molecule has 1 fully saturated rings. The normalized spacial score (nSPS) is 18.7. The number of methoxy groups -OCH3 is 1. The second-order valence-corrected chi connectivity index (χ2v) is 8.39. The monoisotopic (exact) mass is 397 g/mol. The number of nitrogens with zero attached hydrogens (tertiary/aromatic N) is 1. The second-order valence-electron chi connectivity index (χ2n) is 5.38. The third-order valence-electron chi connectivity index (χ3n) is 3.84. The van der Waals surface area contributed by atoms with Gasteiger partial charge in [-0.05, 0) is 24.3 Å². The predicted molar refractivity (Wildman–Crippen MR) is 96.3 cm³/mol. The van der Waals surface area contributed by atoms with E-state index in [-0.39, 0.29) is 41.5 Å². The molecular weight excluding hydrogens is 374 g/mol. The highest BCUT2D eigenvalue weighted by molar-refractivity contribution is 7.91. The first-order chi connectivity index (χ1) is 11.0. The van der Waals surface area contributed by atoms with Crippen molar-refractivity contribution in [3.63, 3.8) is 0 Å². The van der Waals surface area contributed by atoms with E-state index in [1.165, 1.54) is 11.4 Å². The van der Waals surface area contributed by atoms with E-state index in [0.717, 1.165) is 30.6 Å². The Hall–Kier alpha value is -0.870. The Kier molecular flexibility index (Phi) is 8.44. The maximum absolute atomic E-state index is 12.9. The predicted octanol–water partition coefficient (Wildman–Crippen LogP) is 1.19. The molecule has 10 heteroatoms. The molecule has 1 saturated heterocycles. The second kappa shape index (κ2) is 9.57. The Morgan fingerprint density at radius 1 is 1.50 bits per heavy atom. The summed E-state index contributed by atoms with van der Waals surface area (Å²) >= 11 is 1.15. The van der Waals surface area contributed by atoms with Crippen LogP contribution in [0, 0.1) is 0 Å². The molecule has 138 valence electrons. The molecule has 1 amide bonds. The van der Waals surface area contributed by atoms with Crippen LogP contribution < -0.4 is 15.8 Å². The van der Waals surface area contributed by atoms with Crippen molar-refractivity contribution in [2.24, 2.45) is 5.73 Å². The van der Waals surface area contributed by atoms with Crippen LogP contribution in [0.4, 0.5) is 0 Å². The summed E-state index contributed by atoms with van der Waals surface area (Å²) in [6, 6.07) is 1.42. The number of thiophene rings is 1. The van der Waals surface area contributed by atoms with Crippen molar-refractivity contribution >= 4 is 39.7 Å². The van der Waals surface area contributed by atoms with Crippen LogP contribution in [0.15, 0.2) is 15.7 Å². The molecule has 1 aliphatic rings. The zero-order valence-electron chi connectivity index (χ0n) is 13.6. The van der Waals surface area contributed by atoms with E-state index < -0.39 is 10.0 Å². The molecule has 0 bridgehead atoms. The van der Waals surface area contributed by atoms with Gasteiger partial charge in [-0.2, -0.15) is 4.31 Å². The van der Waals surface area contributed by atoms with Gasteiger partial charge in [0.15, 0.2) is 4.21 Å². The van der Waals surface area contributed by atoms with Gasteiger partial charge in [-0.15, -0.1) is 23.7 Å². The Bertz CT molecular complexity index is 636. The lowest BCUT2D eigenvalue weighted by Gasteiger charge is -2.34. The minimum Gasteiger partial charge on any atom is -0.494 e. The first kappa shape index (κ1) is 21.2. The van der Waals surface area contributed by atoms with Crippen molar-refractivity contribution in [3.8, 4) is 5.75 Å². The van der Waals surface area contributed by atoms with E-state index in [4.69, 9.17) is 10.5 Å². The zero-order chi connectivity index (χ0) is 16.9. The van der Waals surface area contributed by atoms with Crippen LogP contribution in [-0.4, -0.2) is 51.4 Å². The molecule has 24 heavy (non-hydrogen) atoms. The summed E-state index contributed by atoms with van der Waals surface area (Å²) in [6.07, 6.45) is 2.75. The number of sulfonamides is 1. The van der Waals surface area contributed by atoms with Crippen molar-refractivity contribution in [3.05, 3.63) is 11.4 Å². The fraction of sp³-hybridized carbons (Fsp3) is 0.643. The molecule has 1 atom stereocenters. The van der Waals surface area contributed by atoms with Crippen LogP contribution in [0.1, 0.15) is 25.7 Å². The average Bonchev–Trinajstić information content (AvgIpc) is 3.03. The highest BCUT2D eigenvalue weighted by Gasteiger charge is 2.36. The maximum atomic E-state index is 12.9. The number of rotatable bonds is 7. The average molecular weight is 398 g/mol. The number of amides is 1. The van der Waals surface area contributed by atoms with Gasteiger partial charge in [0.25, 0.3) is 10.0 Å². The fourth-order valence-corrected chi connectivity index (χ4v) is 5.76. The number of nitrogens with two attached hydrogens (primary N) is 1. The molecular formula is C14H24ClN3O4S2. The molecule has 1 aromatic heterocycles. The van der Waals surface area contributed by atoms with Gasteiger partial charge >= 0.3 is 0 Å². The number of hydrogen-bond donors (Lipinski definition) is 2. The van der Waals surface area contributed by atoms with Gasteiger partial charge < -0.3 is 15.8 Å². The number of ether oxygens (including phenoxy) is 1. The van der Waals surface area contributed by atoms with Gasteiger partial charge in [-0.1, -0.05) is 6.42 Å². The van der Waals surface area contributed by atoms with E-state index in [0.29, 0.717) is 18.8 Å². The molecule has 0 spiro atoms. The van der Waals surface area contributed by atoms with E-state index in [9.17, 15) is 13.2 Å². The summed E-state index contributed by atoms with van der Waals surface area (Å²) in [6.45, 7) is 1.05. The standard InChI is InChI=1S/C14H23N3O4S2.ClH/c1-21-12-6-9-22-14(12)23(19,20)17-8-3-2-4-11(17)10-16-13(18)5-7-15;/h6,9,11H,2-5,7-8,10,15H2,1H3,(H,16,18);1H. The summed E-state index contributed by atoms with van der Waals surface area (Å²) in [5.74, 6) is 0.218. The number of piperidine rings is 1. The van der Waals surface area contributed by atoms with Crippen LogP contribution in [0.2, 0.25) is 0 Å². The van der Waals surface area contributed by atoms with Gasteiger partial charge in [0.05, 0.1) is 7.11 Å². The van der Waals surface area contributed by atoms with Crippen LogP contribution in [0.3, 0.4) is 0 Å². The highest BCUT2D eigenvalue weighted by Crippen LogP contribution is 2.34. The Labute approximate surface area is 153 Å².